The third kappa shape index (κ3) is 5.00. The lowest BCUT2D eigenvalue weighted by Gasteiger charge is -2.24. The number of sulfonamides is 1. The zero-order valence-corrected chi connectivity index (χ0v) is 18.5. The van der Waals surface area contributed by atoms with Crippen LogP contribution < -0.4 is 19.1 Å². The maximum Gasteiger partial charge on any atom is 0.264 e. The number of carbonyl (C=O) groups is 1. The highest BCUT2D eigenvalue weighted by molar-refractivity contribution is 7.92. The second kappa shape index (κ2) is 9.17. The average Bonchev–Trinajstić information content (AvgIpc) is 2.70. The number of hydrogen-bond acceptors (Lipinski definition) is 5. The maximum absolute atomic E-state index is 13.2. The van der Waals surface area contributed by atoms with Gasteiger partial charge in [0.1, 0.15) is 0 Å². The second-order valence-corrected chi connectivity index (χ2v) is 9.08. The normalized spacial score (nSPS) is 11.3. The lowest BCUT2D eigenvalue weighted by molar-refractivity contribution is 0.0949. The number of benzene rings is 2. The van der Waals surface area contributed by atoms with Crippen molar-refractivity contribution >= 4 is 21.6 Å². The maximum atomic E-state index is 13.2. The van der Waals surface area contributed by atoms with Crippen molar-refractivity contribution in [3.63, 3.8) is 0 Å². The first-order chi connectivity index (χ1) is 13.6. The van der Waals surface area contributed by atoms with E-state index in [4.69, 9.17) is 9.47 Å². The van der Waals surface area contributed by atoms with E-state index in [1.165, 1.54) is 33.4 Å². The van der Waals surface area contributed by atoms with E-state index in [0.29, 0.717) is 18.0 Å². The number of amides is 1. The molecule has 2 rings (SSSR count). The van der Waals surface area contributed by atoms with Gasteiger partial charge in [0, 0.05) is 19.7 Å². The summed E-state index contributed by atoms with van der Waals surface area (Å²) in [6.07, 6.45) is 0. The molecule has 0 heterocycles. The monoisotopic (exact) mass is 420 g/mol. The summed E-state index contributed by atoms with van der Waals surface area (Å²) in [5.74, 6) is 0.526. The SMILES string of the molecule is COc1cc(C(=O)NCC(C)C)c(N(C)S(=O)(=O)c2ccc(C)cc2)cc1OC. The topological polar surface area (TPSA) is 84.9 Å². The summed E-state index contributed by atoms with van der Waals surface area (Å²) in [6.45, 7) is 6.29. The molecular formula is C21H28N2O5S. The molecule has 2 aromatic carbocycles. The number of aryl methyl sites for hydroxylation is 1. The van der Waals surface area contributed by atoms with Gasteiger partial charge in [-0.05, 0) is 31.0 Å². The van der Waals surface area contributed by atoms with Crippen molar-refractivity contribution in [3.8, 4) is 11.5 Å². The first-order valence-corrected chi connectivity index (χ1v) is 10.7. The highest BCUT2D eigenvalue weighted by Gasteiger charge is 2.27. The number of hydrogen-bond donors (Lipinski definition) is 1. The van der Waals surface area contributed by atoms with E-state index in [2.05, 4.69) is 5.32 Å². The molecule has 0 bridgehead atoms. The van der Waals surface area contributed by atoms with E-state index in [0.717, 1.165) is 9.87 Å². The quantitative estimate of drug-likeness (QED) is 0.709. The van der Waals surface area contributed by atoms with E-state index < -0.39 is 10.0 Å². The zero-order chi connectivity index (χ0) is 21.8. The van der Waals surface area contributed by atoms with Gasteiger partial charge in [-0.3, -0.25) is 9.10 Å². The Morgan fingerprint density at radius 2 is 1.62 bits per heavy atom. The molecular weight excluding hydrogens is 392 g/mol. The molecule has 0 radical (unpaired) electrons. The van der Waals surface area contributed by atoms with E-state index in [1.807, 2.05) is 20.8 Å². The summed E-state index contributed by atoms with van der Waals surface area (Å²) in [7, 11) is 0.440. The van der Waals surface area contributed by atoms with Crippen LogP contribution in [0.25, 0.3) is 0 Å². The number of nitrogens with one attached hydrogen (secondary N) is 1. The van der Waals surface area contributed by atoms with Crippen LogP contribution in [0.1, 0.15) is 29.8 Å². The molecule has 0 aromatic heterocycles. The van der Waals surface area contributed by atoms with E-state index in [9.17, 15) is 13.2 Å². The van der Waals surface area contributed by atoms with Crippen LogP contribution >= 0.6 is 0 Å². The lowest BCUT2D eigenvalue weighted by atomic mass is 10.1. The van der Waals surface area contributed by atoms with Gasteiger partial charge in [0.2, 0.25) is 0 Å². The summed E-state index contributed by atoms with van der Waals surface area (Å²) in [5, 5.41) is 2.82. The predicted octanol–water partition coefficient (Wildman–Crippen LogP) is 3.22. The lowest BCUT2D eigenvalue weighted by Crippen LogP contribution is -2.32. The third-order valence-electron chi connectivity index (χ3n) is 4.44. The first-order valence-electron chi connectivity index (χ1n) is 9.21. The van der Waals surface area contributed by atoms with Crippen molar-refractivity contribution in [1.29, 1.82) is 0 Å². The number of ether oxygens (including phenoxy) is 2. The number of nitrogens with zero attached hydrogens (tertiary/aromatic N) is 1. The molecule has 0 saturated heterocycles. The van der Waals surface area contributed by atoms with Gasteiger partial charge in [-0.1, -0.05) is 31.5 Å². The molecule has 7 nitrogen and oxygen atoms in total. The Bertz CT molecular complexity index is 969. The van der Waals surface area contributed by atoms with Crippen LogP contribution in [0.4, 0.5) is 5.69 Å². The number of methoxy groups -OCH3 is 2. The number of rotatable bonds is 8. The highest BCUT2D eigenvalue weighted by atomic mass is 32.2. The summed E-state index contributed by atoms with van der Waals surface area (Å²) in [4.78, 5) is 13.0. The molecule has 0 fully saturated rings. The van der Waals surface area contributed by atoms with Crippen molar-refractivity contribution in [2.24, 2.45) is 5.92 Å². The van der Waals surface area contributed by atoms with E-state index in [-0.39, 0.29) is 28.0 Å². The number of carbonyl (C=O) groups excluding carboxylic acids is 1. The summed E-state index contributed by atoms with van der Waals surface area (Å²) in [5.41, 5.74) is 1.33. The Balaban J connectivity index is 2.58. The van der Waals surface area contributed by atoms with Gasteiger partial charge in [0.05, 0.1) is 30.4 Å². The Morgan fingerprint density at radius 3 is 2.14 bits per heavy atom. The van der Waals surface area contributed by atoms with Crippen molar-refractivity contribution in [2.75, 3.05) is 32.1 Å². The van der Waals surface area contributed by atoms with Gasteiger partial charge < -0.3 is 14.8 Å². The van der Waals surface area contributed by atoms with Gasteiger partial charge in [0.25, 0.3) is 15.9 Å². The molecule has 0 spiro atoms. The Hall–Kier alpha value is -2.74. The van der Waals surface area contributed by atoms with Gasteiger partial charge >= 0.3 is 0 Å². The van der Waals surface area contributed by atoms with Gasteiger partial charge in [0.15, 0.2) is 11.5 Å². The molecule has 1 amide bonds. The molecule has 158 valence electrons. The van der Waals surface area contributed by atoms with Crippen molar-refractivity contribution in [3.05, 3.63) is 47.5 Å². The van der Waals surface area contributed by atoms with Crippen LogP contribution in [0.2, 0.25) is 0 Å². The minimum absolute atomic E-state index is 0.133. The summed E-state index contributed by atoms with van der Waals surface area (Å²) < 4.78 is 38.0. The average molecular weight is 421 g/mol. The Labute approximate surface area is 172 Å². The third-order valence-corrected chi connectivity index (χ3v) is 6.22. The van der Waals surface area contributed by atoms with E-state index >= 15 is 0 Å². The molecule has 0 aliphatic carbocycles. The van der Waals surface area contributed by atoms with Crippen LogP contribution in [0.15, 0.2) is 41.3 Å². The minimum Gasteiger partial charge on any atom is -0.493 e. The van der Waals surface area contributed by atoms with Gasteiger partial charge in [-0.25, -0.2) is 8.42 Å². The molecule has 0 aliphatic rings. The van der Waals surface area contributed by atoms with Crippen LogP contribution in [-0.2, 0) is 10.0 Å². The minimum atomic E-state index is -3.88. The van der Waals surface area contributed by atoms with Gasteiger partial charge in [-0.15, -0.1) is 0 Å². The molecule has 0 aliphatic heterocycles. The Kier molecular flexibility index (Phi) is 7.13. The number of anilines is 1. The molecule has 2 aromatic rings. The molecule has 8 heteroatoms. The predicted molar refractivity (Wildman–Crippen MR) is 113 cm³/mol. The van der Waals surface area contributed by atoms with E-state index in [1.54, 1.807) is 24.3 Å². The molecule has 1 N–H and O–H groups in total. The molecule has 0 saturated carbocycles. The fourth-order valence-electron chi connectivity index (χ4n) is 2.70. The molecule has 29 heavy (non-hydrogen) atoms. The standard InChI is InChI=1S/C21H28N2O5S/c1-14(2)13-22-21(24)17-11-19(27-5)20(28-6)12-18(17)23(4)29(25,26)16-9-7-15(3)8-10-16/h7-12,14H,13H2,1-6H3,(H,22,24). The van der Waals surface area contributed by atoms with Gasteiger partial charge in [-0.2, -0.15) is 0 Å². The smallest absolute Gasteiger partial charge is 0.264 e. The fourth-order valence-corrected chi connectivity index (χ4v) is 3.91. The Morgan fingerprint density at radius 1 is 1.07 bits per heavy atom. The van der Waals surface area contributed by atoms with Crippen molar-refractivity contribution in [2.45, 2.75) is 25.7 Å². The summed E-state index contributed by atoms with van der Waals surface area (Å²) in [6, 6.07) is 9.53. The summed E-state index contributed by atoms with van der Waals surface area (Å²) >= 11 is 0. The van der Waals surface area contributed by atoms with Crippen molar-refractivity contribution in [1.82, 2.24) is 5.32 Å². The first kappa shape index (κ1) is 22.5. The van der Waals surface area contributed by atoms with Crippen LogP contribution in [0.3, 0.4) is 0 Å². The fraction of sp³-hybridized carbons (Fsp3) is 0.381. The highest BCUT2D eigenvalue weighted by Crippen LogP contribution is 2.36. The zero-order valence-electron chi connectivity index (χ0n) is 17.6. The molecule has 0 atom stereocenters. The second-order valence-electron chi connectivity index (χ2n) is 7.11. The van der Waals surface area contributed by atoms with Crippen molar-refractivity contribution < 1.29 is 22.7 Å². The molecule has 0 unspecified atom stereocenters. The van der Waals surface area contributed by atoms with Crippen LogP contribution in [0.5, 0.6) is 11.5 Å². The van der Waals surface area contributed by atoms with Crippen LogP contribution in [-0.4, -0.2) is 42.1 Å². The van der Waals surface area contributed by atoms with Crippen LogP contribution in [0, 0.1) is 12.8 Å². The largest absolute Gasteiger partial charge is 0.493 e.